The molecule has 20 heavy (non-hydrogen) atoms. The summed E-state index contributed by atoms with van der Waals surface area (Å²) in [4.78, 5) is 0.391. The zero-order valence-electron chi connectivity index (χ0n) is 10.6. The Bertz CT molecular complexity index is 529. The highest BCUT2D eigenvalue weighted by molar-refractivity contribution is 9.14. The summed E-state index contributed by atoms with van der Waals surface area (Å²) in [5.74, 6) is 0. The molecule has 0 spiro atoms. The Morgan fingerprint density at radius 2 is 1.35 bits per heavy atom. The van der Waals surface area contributed by atoms with E-state index in [2.05, 4.69) is 112 Å². The van der Waals surface area contributed by atoms with E-state index in [4.69, 9.17) is 0 Å². The molecule has 0 N–H and O–H groups in total. The molecule has 0 fully saturated rings. The van der Waals surface area contributed by atoms with Gasteiger partial charge in [-0.2, -0.15) is 0 Å². The molecule has 106 valence electrons. The van der Waals surface area contributed by atoms with E-state index in [1.165, 1.54) is 11.1 Å². The van der Waals surface area contributed by atoms with E-state index in [0.29, 0.717) is 0 Å². The van der Waals surface area contributed by atoms with Crippen molar-refractivity contribution < 1.29 is 0 Å². The molecule has 0 saturated heterocycles. The van der Waals surface area contributed by atoms with Crippen LogP contribution in [-0.4, -0.2) is 10.2 Å². The molecule has 0 aromatic heterocycles. The van der Waals surface area contributed by atoms with Crippen molar-refractivity contribution in [3.05, 3.63) is 71.8 Å². The summed E-state index contributed by atoms with van der Waals surface area (Å²) in [6, 6.07) is 21.0. The Morgan fingerprint density at radius 3 is 1.85 bits per heavy atom. The van der Waals surface area contributed by atoms with Crippen LogP contribution in [-0.2, 0) is 4.32 Å². The molecule has 0 saturated carbocycles. The molecular weight excluding hydrogens is 512 g/mol. The van der Waals surface area contributed by atoms with E-state index in [9.17, 15) is 0 Å². The van der Waals surface area contributed by atoms with Crippen LogP contribution in [0.25, 0.3) is 0 Å². The maximum absolute atomic E-state index is 4.00. The smallest absolute Gasteiger partial charge is 0.0804 e. The molecule has 2 aromatic rings. The lowest BCUT2D eigenvalue weighted by molar-refractivity contribution is 0.634. The van der Waals surface area contributed by atoms with Gasteiger partial charge in [-0.05, 0) is 11.1 Å². The van der Waals surface area contributed by atoms with E-state index in [1.54, 1.807) is 0 Å². The first kappa shape index (κ1) is 16.7. The minimum Gasteiger partial charge on any atom is -0.0915 e. The molecule has 0 aliphatic heterocycles. The van der Waals surface area contributed by atoms with Crippen LogP contribution in [0.15, 0.2) is 60.7 Å². The first-order valence-corrected chi connectivity index (χ1v) is 9.98. The Hall–Kier alpha value is 0.360. The number of alkyl halides is 4. The minimum atomic E-state index is -0.237. The van der Waals surface area contributed by atoms with Gasteiger partial charge in [0.05, 0.1) is 9.15 Å². The highest BCUT2D eigenvalue weighted by Crippen LogP contribution is 2.53. The average Bonchev–Trinajstić information content (AvgIpc) is 2.54. The van der Waals surface area contributed by atoms with E-state index in [0.717, 1.165) is 5.33 Å². The molecule has 0 aliphatic carbocycles. The fourth-order valence-electron chi connectivity index (χ4n) is 2.16. The van der Waals surface area contributed by atoms with Crippen molar-refractivity contribution in [2.24, 2.45) is 0 Å². The Kier molecular flexibility index (Phi) is 6.33. The normalized spacial score (nSPS) is 17.2. The van der Waals surface area contributed by atoms with Crippen LogP contribution in [0.4, 0.5) is 0 Å². The van der Waals surface area contributed by atoms with Crippen molar-refractivity contribution in [2.45, 2.75) is 14.0 Å². The third-order valence-corrected chi connectivity index (χ3v) is 9.78. The van der Waals surface area contributed by atoms with Crippen LogP contribution in [0.3, 0.4) is 0 Å². The number of rotatable bonds is 5. The third kappa shape index (κ3) is 3.40. The van der Waals surface area contributed by atoms with Crippen LogP contribution < -0.4 is 0 Å². The predicted octanol–water partition coefficient (Wildman–Crippen LogP) is 6.57. The summed E-state index contributed by atoms with van der Waals surface area (Å²) in [6.45, 7) is 0. The van der Waals surface area contributed by atoms with Gasteiger partial charge in [0.2, 0.25) is 0 Å². The second-order valence-electron chi connectivity index (χ2n) is 4.53. The fourth-order valence-corrected chi connectivity index (χ4v) is 5.56. The lowest BCUT2D eigenvalue weighted by atomic mass is 9.89. The monoisotopic (exact) mass is 522 g/mol. The summed E-state index contributed by atoms with van der Waals surface area (Å²) in [6.07, 6.45) is 0. The highest BCUT2D eigenvalue weighted by Gasteiger charge is 2.43. The van der Waals surface area contributed by atoms with Gasteiger partial charge in [0.1, 0.15) is 0 Å². The van der Waals surface area contributed by atoms with Crippen molar-refractivity contribution >= 4 is 63.7 Å². The molecule has 0 heterocycles. The fraction of sp³-hybridized carbons (Fsp3) is 0.250. The highest BCUT2D eigenvalue weighted by atomic mass is 79.9. The lowest BCUT2D eigenvalue weighted by Gasteiger charge is -2.37. The third-order valence-electron chi connectivity index (χ3n) is 3.27. The maximum Gasteiger partial charge on any atom is 0.0804 e. The molecular formula is C16H14Br4. The minimum absolute atomic E-state index is 0.153. The molecule has 4 heteroatoms. The van der Waals surface area contributed by atoms with Crippen LogP contribution in [0.5, 0.6) is 0 Å². The van der Waals surface area contributed by atoms with E-state index >= 15 is 0 Å². The molecule has 0 aliphatic rings. The second kappa shape index (κ2) is 7.57. The van der Waals surface area contributed by atoms with Crippen molar-refractivity contribution in [2.75, 3.05) is 5.33 Å². The molecule has 0 radical (unpaired) electrons. The van der Waals surface area contributed by atoms with Gasteiger partial charge < -0.3 is 0 Å². The number of halogens is 4. The van der Waals surface area contributed by atoms with Crippen molar-refractivity contribution in [1.82, 2.24) is 0 Å². The number of hydrogen-bond acceptors (Lipinski definition) is 0. The molecule has 2 aromatic carbocycles. The van der Waals surface area contributed by atoms with Crippen molar-refractivity contribution in [3.8, 4) is 0 Å². The molecule has 3 unspecified atom stereocenters. The lowest BCUT2D eigenvalue weighted by Crippen LogP contribution is -2.34. The summed E-state index contributed by atoms with van der Waals surface area (Å²) in [5.41, 5.74) is 2.49. The van der Waals surface area contributed by atoms with Crippen molar-refractivity contribution in [3.63, 3.8) is 0 Å². The van der Waals surface area contributed by atoms with E-state index in [-0.39, 0.29) is 14.0 Å². The Labute approximate surface area is 153 Å². The van der Waals surface area contributed by atoms with E-state index < -0.39 is 0 Å². The summed E-state index contributed by atoms with van der Waals surface area (Å²) >= 11 is 15.3. The van der Waals surface area contributed by atoms with Crippen LogP contribution in [0, 0.1) is 0 Å². The largest absolute Gasteiger partial charge is 0.0915 e. The first-order chi connectivity index (χ1) is 9.60. The Morgan fingerprint density at radius 1 is 0.850 bits per heavy atom. The summed E-state index contributed by atoms with van der Waals surface area (Å²) in [5, 5.41) is 0.849. The summed E-state index contributed by atoms with van der Waals surface area (Å²) < 4.78 is -0.237. The zero-order chi connectivity index (χ0) is 14.6. The van der Waals surface area contributed by atoms with Gasteiger partial charge in [-0.1, -0.05) is 124 Å². The molecule has 0 nitrogen and oxygen atoms in total. The van der Waals surface area contributed by atoms with Gasteiger partial charge in [-0.25, -0.2) is 0 Å². The topological polar surface area (TPSA) is 0 Å². The maximum atomic E-state index is 4.00. The predicted molar refractivity (Wildman–Crippen MR) is 102 cm³/mol. The molecule has 3 atom stereocenters. The quantitative estimate of drug-likeness (QED) is 0.387. The van der Waals surface area contributed by atoms with Gasteiger partial charge >= 0.3 is 0 Å². The van der Waals surface area contributed by atoms with Crippen LogP contribution in [0.2, 0.25) is 0 Å². The Balaban J connectivity index is 2.48. The average molecular weight is 526 g/mol. The standard InChI is InChI=1S/C16H14Br4/c17-11-14(18)16(20,13-9-5-2-6-10-13)15(19)12-7-3-1-4-8-12/h1-10,14-15H,11H2. The van der Waals surface area contributed by atoms with Crippen molar-refractivity contribution in [1.29, 1.82) is 0 Å². The number of hydrogen-bond donors (Lipinski definition) is 0. The second-order valence-corrected chi connectivity index (χ2v) is 8.51. The molecule has 0 bridgehead atoms. The first-order valence-electron chi connectivity index (χ1n) is 6.24. The van der Waals surface area contributed by atoms with Gasteiger partial charge in [0.15, 0.2) is 0 Å². The van der Waals surface area contributed by atoms with Gasteiger partial charge in [0, 0.05) is 10.2 Å². The van der Waals surface area contributed by atoms with E-state index in [1.807, 2.05) is 12.1 Å². The van der Waals surface area contributed by atoms with Crippen LogP contribution in [0.1, 0.15) is 16.0 Å². The zero-order valence-corrected chi connectivity index (χ0v) is 17.0. The molecule has 2 rings (SSSR count). The van der Waals surface area contributed by atoms with Gasteiger partial charge in [-0.15, -0.1) is 0 Å². The number of benzene rings is 2. The van der Waals surface area contributed by atoms with Crippen LogP contribution >= 0.6 is 63.7 Å². The molecule has 0 amide bonds. The summed E-state index contributed by atoms with van der Waals surface area (Å²) in [7, 11) is 0. The van der Waals surface area contributed by atoms with Gasteiger partial charge in [-0.3, -0.25) is 0 Å². The SMILES string of the molecule is BrCC(Br)C(Br)(c1ccccc1)C(Br)c1ccccc1. The van der Waals surface area contributed by atoms with Gasteiger partial charge in [0.25, 0.3) is 0 Å².